The molecule has 0 spiro atoms. The van der Waals surface area contributed by atoms with Gasteiger partial charge in [0.1, 0.15) is 17.3 Å². The van der Waals surface area contributed by atoms with Crippen molar-refractivity contribution < 1.29 is 33.2 Å². The summed E-state index contributed by atoms with van der Waals surface area (Å²) in [5, 5.41) is 10.7. The predicted molar refractivity (Wildman–Crippen MR) is 141 cm³/mol. The Morgan fingerprint density at radius 1 is 0.947 bits per heavy atom. The number of phenols is 1. The van der Waals surface area contributed by atoms with Crippen LogP contribution in [0.1, 0.15) is 21.5 Å². The lowest BCUT2D eigenvalue weighted by molar-refractivity contribution is 0.101. The molecule has 2 heterocycles. The summed E-state index contributed by atoms with van der Waals surface area (Å²) in [5.41, 5.74) is 2.09. The Morgan fingerprint density at radius 3 is 2.37 bits per heavy atom. The quantitative estimate of drug-likeness (QED) is 0.457. The Morgan fingerprint density at radius 2 is 1.68 bits per heavy atom. The zero-order valence-electron chi connectivity index (χ0n) is 21.5. The summed E-state index contributed by atoms with van der Waals surface area (Å²) in [5.74, 6) is 1.29. The topological polar surface area (TPSA) is 80.7 Å². The van der Waals surface area contributed by atoms with Crippen molar-refractivity contribution in [2.24, 2.45) is 0 Å². The van der Waals surface area contributed by atoms with Crippen LogP contribution in [-0.4, -0.2) is 63.3 Å². The molecule has 1 fully saturated rings. The summed E-state index contributed by atoms with van der Waals surface area (Å²) in [6.45, 7) is 3.00. The van der Waals surface area contributed by atoms with Crippen LogP contribution in [0, 0.1) is 5.82 Å². The monoisotopic (exact) mass is 520 g/mol. The summed E-state index contributed by atoms with van der Waals surface area (Å²) in [7, 11) is 4.55. The van der Waals surface area contributed by atoms with Gasteiger partial charge >= 0.3 is 0 Å². The van der Waals surface area contributed by atoms with E-state index < -0.39 is 0 Å². The Bertz CT molecular complexity index is 1400. The number of nitrogens with zero attached hydrogens (tertiary/aromatic N) is 2. The van der Waals surface area contributed by atoms with Crippen molar-refractivity contribution in [1.82, 2.24) is 4.90 Å². The second kappa shape index (κ2) is 10.6. The largest absolute Gasteiger partial charge is 0.507 e. The summed E-state index contributed by atoms with van der Waals surface area (Å²) < 4.78 is 36.6. The minimum Gasteiger partial charge on any atom is -0.507 e. The third-order valence-electron chi connectivity index (χ3n) is 6.88. The molecule has 1 saturated heterocycles. The molecular weight excluding hydrogens is 491 g/mol. The summed E-state index contributed by atoms with van der Waals surface area (Å²) in [6.07, 6.45) is 1.59. The Hall–Kier alpha value is -4.24. The van der Waals surface area contributed by atoms with E-state index in [1.54, 1.807) is 36.4 Å². The number of ether oxygens (including phenoxy) is 4. The smallest absolute Gasteiger partial charge is 0.231 e. The molecule has 2 aliphatic rings. The number of methoxy groups -OCH3 is 3. The molecule has 3 aromatic rings. The Kier molecular flexibility index (Phi) is 7.11. The third-order valence-corrected chi connectivity index (χ3v) is 6.88. The highest BCUT2D eigenvalue weighted by molar-refractivity contribution is 6.15. The van der Waals surface area contributed by atoms with Gasteiger partial charge in [-0.2, -0.15) is 0 Å². The Labute approximate surface area is 220 Å². The van der Waals surface area contributed by atoms with Crippen LogP contribution >= 0.6 is 0 Å². The van der Waals surface area contributed by atoms with Crippen molar-refractivity contribution in [3.05, 3.63) is 76.8 Å². The molecule has 0 aliphatic carbocycles. The summed E-state index contributed by atoms with van der Waals surface area (Å²) >= 11 is 0. The number of anilines is 1. The average molecular weight is 521 g/mol. The molecule has 38 heavy (non-hydrogen) atoms. The maximum atomic E-state index is 14.2. The van der Waals surface area contributed by atoms with E-state index in [0.29, 0.717) is 78.1 Å². The highest BCUT2D eigenvalue weighted by Crippen LogP contribution is 2.43. The first kappa shape index (κ1) is 25.4. The van der Waals surface area contributed by atoms with Crippen LogP contribution in [-0.2, 0) is 6.54 Å². The van der Waals surface area contributed by atoms with Gasteiger partial charge in [0.25, 0.3) is 0 Å². The van der Waals surface area contributed by atoms with Gasteiger partial charge in [-0.05, 0) is 42.5 Å². The van der Waals surface area contributed by atoms with Gasteiger partial charge < -0.3 is 29.0 Å². The number of rotatable bonds is 7. The van der Waals surface area contributed by atoms with Gasteiger partial charge in [0.2, 0.25) is 11.5 Å². The number of hydrogen-bond acceptors (Lipinski definition) is 8. The van der Waals surface area contributed by atoms with E-state index in [1.165, 1.54) is 33.5 Å². The van der Waals surface area contributed by atoms with E-state index in [0.717, 1.165) is 0 Å². The van der Waals surface area contributed by atoms with Gasteiger partial charge in [0, 0.05) is 38.3 Å². The molecule has 1 N–H and O–H groups in total. The molecule has 3 aromatic carbocycles. The van der Waals surface area contributed by atoms with Crippen molar-refractivity contribution in [3.8, 4) is 28.7 Å². The molecule has 0 bridgehead atoms. The molecule has 0 unspecified atom stereocenters. The minimum atomic E-state index is -0.289. The standard InChI is InChI=1S/C29H29FN2O6/c1-35-24-11-8-18(27(36-2)29(24)37-3)16-25-26(34)19-9-10-23(33)20(28(19)38-25)17-31-12-14-32(15-13-31)22-7-5-4-6-21(22)30/h4-11,16,33H,12-15,17H2,1-3H3/b25-16-. The average Bonchev–Trinajstić information content (AvgIpc) is 3.25. The third kappa shape index (κ3) is 4.61. The molecule has 0 amide bonds. The van der Waals surface area contributed by atoms with Gasteiger partial charge in [0.15, 0.2) is 17.3 Å². The van der Waals surface area contributed by atoms with E-state index >= 15 is 0 Å². The maximum Gasteiger partial charge on any atom is 0.231 e. The second-order valence-electron chi connectivity index (χ2n) is 9.02. The minimum absolute atomic E-state index is 0.0537. The van der Waals surface area contributed by atoms with E-state index in [9.17, 15) is 14.3 Å². The second-order valence-corrected chi connectivity index (χ2v) is 9.02. The molecule has 198 valence electrons. The number of ketones is 1. The normalized spacial score (nSPS) is 16.4. The van der Waals surface area contributed by atoms with Crippen LogP contribution in [0.5, 0.6) is 28.7 Å². The summed E-state index contributed by atoms with van der Waals surface area (Å²) in [6, 6.07) is 13.3. The number of allylic oxidation sites excluding steroid dienone is 1. The highest BCUT2D eigenvalue weighted by atomic mass is 19.1. The SMILES string of the molecule is COc1ccc(/C=C2\Oc3c(ccc(O)c3CN3CCN(c4ccccc4F)CC3)C2=O)c(OC)c1OC. The lowest BCUT2D eigenvalue weighted by atomic mass is 10.0. The van der Waals surface area contributed by atoms with Crippen LogP contribution in [0.3, 0.4) is 0 Å². The lowest BCUT2D eigenvalue weighted by Gasteiger charge is -2.36. The van der Waals surface area contributed by atoms with Crippen LogP contribution in [0.25, 0.3) is 6.08 Å². The van der Waals surface area contributed by atoms with Gasteiger partial charge in [0.05, 0.1) is 38.1 Å². The zero-order valence-corrected chi connectivity index (χ0v) is 21.5. The van der Waals surface area contributed by atoms with E-state index in [-0.39, 0.29) is 23.1 Å². The molecule has 0 atom stereocenters. The number of halogens is 1. The lowest BCUT2D eigenvalue weighted by Crippen LogP contribution is -2.46. The molecule has 9 heteroatoms. The molecule has 0 radical (unpaired) electrons. The summed E-state index contributed by atoms with van der Waals surface area (Å²) in [4.78, 5) is 17.4. The van der Waals surface area contributed by atoms with E-state index in [4.69, 9.17) is 18.9 Å². The highest BCUT2D eigenvalue weighted by Gasteiger charge is 2.33. The Balaban J connectivity index is 1.37. The molecule has 2 aliphatic heterocycles. The van der Waals surface area contributed by atoms with Gasteiger partial charge in [-0.3, -0.25) is 9.69 Å². The number of aromatic hydroxyl groups is 1. The molecule has 0 saturated carbocycles. The fourth-order valence-electron chi connectivity index (χ4n) is 4.91. The number of fused-ring (bicyclic) bond motifs is 1. The van der Waals surface area contributed by atoms with Crippen LogP contribution in [0.15, 0.2) is 54.3 Å². The van der Waals surface area contributed by atoms with Crippen LogP contribution < -0.4 is 23.8 Å². The van der Waals surface area contributed by atoms with E-state index in [1.807, 2.05) is 11.0 Å². The van der Waals surface area contributed by atoms with Crippen molar-refractivity contribution in [3.63, 3.8) is 0 Å². The molecule has 0 aromatic heterocycles. The number of hydrogen-bond donors (Lipinski definition) is 1. The number of phenolic OH excluding ortho intramolecular Hbond substituents is 1. The van der Waals surface area contributed by atoms with Gasteiger partial charge in [-0.15, -0.1) is 0 Å². The number of Topliss-reactive ketones (excluding diaryl/α,β-unsaturated/α-hetero) is 1. The van der Waals surface area contributed by atoms with Crippen molar-refractivity contribution >= 4 is 17.5 Å². The number of carbonyl (C=O) groups is 1. The van der Waals surface area contributed by atoms with Crippen molar-refractivity contribution in [2.45, 2.75) is 6.54 Å². The van der Waals surface area contributed by atoms with Crippen LogP contribution in [0.2, 0.25) is 0 Å². The fourth-order valence-corrected chi connectivity index (χ4v) is 4.91. The first-order valence-electron chi connectivity index (χ1n) is 12.2. The molecular formula is C29H29FN2O6. The molecule has 8 nitrogen and oxygen atoms in total. The van der Waals surface area contributed by atoms with Gasteiger partial charge in [-0.1, -0.05) is 12.1 Å². The van der Waals surface area contributed by atoms with Crippen molar-refractivity contribution in [2.75, 3.05) is 52.4 Å². The molecule has 5 rings (SSSR count). The number of piperazine rings is 1. The zero-order chi connectivity index (χ0) is 26.8. The first-order valence-corrected chi connectivity index (χ1v) is 12.2. The first-order chi connectivity index (χ1) is 18.4. The fraction of sp³-hybridized carbons (Fsp3) is 0.276. The number of benzene rings is 3. The predicted octanol–water partition coefficient (Wildman–Crippen LogP) is 4.50. The maximum absolute atomic E-state index is 14.2. The van der Waals surface area contributed by atoms with E-state index in [2.05, 4.69) is 4.90 Å². The number of para-hydroxylation sites is 1. The van der Waals surface area contributed by atoms with Gasteiger partial charge in [-0.25, -0.2) is 4.39 Å². The van der Waals surface area contributed by atoms with Crippen molar-refractivity contribution in [1.29, 1.82) is 0 Å². The van der Waals surface area contributed by atoms with Crippen LogP contribution in [0.4, 0.5) is 10.1 Å². The number of carbonyl (C=O) groups excluding carboxylic acids is 1.